The molecule has 26 heavy (non-hydrogen) atoms. The Morgan fingerprint density at radius 3 is 2.85 bits per heavy atom. The van der Waals surface area contributed by atoms with Crippen molar-refractivity contribution in [1.29, 1.82) is 0 Å². The molecule has 2 heterocycles. The van der Waals surface area contributed by atoms with Crippen molar-refractivity contribution in [3.8, 4) is 0 Å². The molecule has 1 amide bonds. The van der Waals surface area contributed by atoms with Crippen molar-refractivity contribution in [2.24, 2.45) is 4.99 Å². The second kappa shape index (κ2) is 7.79. The van der Waals surface area contributed by atoms with Gasteiger partial charge in [0.25, 0.3) is 0 Å². The first-order valence-corrected chi connectivity index (χ1v) is 9.08. The van der Waals surface area contributed by atoms with E-state index in [1.807, 2.05) is 0 Å². The lowest BCUT2D eigenvalue weighted by atomic mass is 9.97. The van der Waals surface area contributed by atoms with Crippen molar-refractivity contribution < 1.29 is 29.6 Å². The van der Waals surface area contributed by atoms with Gasteiger partial charge in [-0.3, -0.25) is 9.79 Å². The number of rotatable bonds is 4. The van der Waals surface area contributed by atoms with Crippen molar-refractivity contribution in [1.82, 2.24) is 5.32 Å². The molecule has 3 rings (SSSR count). The van der Waals surface area contributed by atoms with Gasteiger partial charge in [-0.2, -0.15) is 0 Å². The summed E-state index contributed by atoms with van der Waals surface area (Å²) in [4.78, 5) is 15.8. The smallest absolute Gasteiger partial charge is 0.223 e. The van der Waals surface area contributed by atoms with E-state index in [9.17, 15) is 20.1 Å². The number of fused-ring (bicyclic) bond motifs is 1. The summed E-state index contributed by atoms with van der Waals surface area (Å²) in [6.07, 6.45) is -4.96. The first-order valence-electron chi connectivity index (χ1n) is 7.91. The Morgan fingerprint density at radius 2 is 2.19 bits per heavy atom. The summed E-state index contributed by atoms with van der Waals surface area (Å²) in [5.74, 6) is -0.0184. The molecule has 0 aromatic heterocycles. The summed E-state index contributed by atoms with van der Waals surface area (Å²) in [5, 5.41) is 33.9. The number of hydrogen-bond donors (Lipinski definition) is 4. The first-order chi connectivity index (χ1) is 12.3. The van der Waals surface area contributed by atoms with Crippen LogP contribution in [0.5, 0.6) is 0 Å². The summed E-state index contributed by atoms with van der Waals surface area (Å²) in [6.45, 7) is 0.962. The molecule has 0 radical (unpaired) electrons. The van der Waals surface area contributed by atoms with Crippen LogP contribution in [-0.4, -0.2) is 65.0 Å². The lowest BCUT2D eigenvalue weighted by Gasteiger charge is -2.42. The number of amides is 1. The van der Waals surface area contributed by atoms with Crippen LogP contribution in [0.2, 0.25) is 5.02 Å². The molecule has 2 aliphatic rings. The average molecular weight is 450 g/mol. The normalized spacial score (nSPS) is 30.5. The molecule has 1 fully saturated rings. The van der Waals surface area contributed by atoms with E-state index in [0.29, 0.717) is 25.8 Å². The zero-order chi connectivity index (χ0) is 19.0. The Bertz CT molecular complexity index is 835. The average Bonchev–Trinajstić information content (AvgIpc) is 3.01. The fourth-order valence-corrected chi connectivity index (χ4v) is 3.58. The molecule has 1 saturated heterocycles. The van der Waals surface area contributed by atoms with Gasteiger partial charge in [0.15, 0.2) is 0 Å². The minimum absolute atomic E-state index is 0.209. The molecule has 0 aliphatic carbocycles. The molecule has 0 bridgehead atoms. The summed E-state index contributed by atoms with van der Waals surface area (Å²) in [7, 11) is 0. The van der Waals surface area contributed by atoms with Gasteiger partial charge >= 0.3 is 0 Å². The Balaban J connectivity index is 1.96. The molecule has 4 N–H and O–H groups in total. The van der Waals surface area contributed by atoms with E-state index in [0.717, 1.165) is 0 Å². The monoisotopic (exact) mass is 448 g/mol. The SMILES string of the molecule is CC(=O)N[C@@H]1[C@H](OC2=c3c(Cl)c(Br)ccc3=NC2)O[C@H](CO)[C@H](O)[C@@H]1O. The number of carbonyl (C=O) groups excluding carboxylic acids is 1. The predicted octanol–water partition coefficient (Wildman–Crippen LogP) is -1.20. The minimum Gasteiger partial charge on any atom is -0.464 e. The highest BCUT2D eigenvalue weighted by Gasteiger charge is 2.46. The van der Waals surface area contributed by atoms with Crippen LogP contribution in [0.4, 0.5) is 0 Å². The number of hydrogen-bond acceptors (Lipinski definition) is 7. The molecular weight excluding hydrogens is 432 g/mol. The van der Waals surface area contributed by atoms with Crippen LogP contribution >= 0.6 is 27.5 Å². The molecule has 1 aromatic rings. The molecule has 10 heteroatoms. The van der Waals surface area contributed by atoms with Crippen molar-refractivity contribution >= 4 is 39.2 Å². The molecule has 2 aliphatic heterocycles. The van der Waals surface area contributed by atoms with Crippen LogP contribution in [0, 0.1) is 0 Å². The molecule has 8 nitrogen and oxygen atoms in total. The maximum absolute atomic E-state index is 11.5. The van der Waals surface area contributed by atoms with Gasteiger partial charge in [0.2, 0.25) is 12.2 Å². The van der Waals surface area contributed by atoms with Crippen LogP contribution in [-0.2, 0) is 14.3 Å². The zero-order valence-corrected chi connectivity index (χ0v) is 16.1. The highest BCUT2D eigenvalue weighted by Crippen LogP contribution is 2.25. The lowest BCUT2D eigenvalue weighted by Crippen LogP contribution is -2.64. The van der Waals surface area contributed by atoms with Crippen molar-refractivity contribution in [2.45, 2.75) is 37.6 Å². The Labute approximate surface area is 162 Å². The molecule has 5 atom stereocenters. The standard InChI is InChI=1S/C16H18BrClN2O6/c1-6(22)20-13-15(24)14(23)10(5-21)26-16(13)25-9-4-19-8-3-2-7(17)12(18)11(8)9/h2-3,10,13-16,21,23-24H,4-5H2,1H3,(H,20,22)/t10-,13+,14+,15-,16-/m1/s1. The first kappa shape index (κ1) is 19.5. The maximum Gasteiger partial charge on any atom is 0.223 e. The topological polar surface area (TPSA) is 121 Å². The summed E-state index contributed by atoms with van der Waals surface area (Å²) < 4.78 is 12.1. The summed E-state index contributed by atoms with van der Waals surface area (Å²) in [5.41, 5.74) is 0. The highest BCUT2D eigenvalue weighted by atomic mass is 79.9. The van der Waals surface area contributed by atoms with Crippen LogP contribution in [0.15, 0.2) is 21.6 Å². The van der Waals surface area contributed by atoms with Gasteiger partial charge in [-0.05, 0) is 28.1 Å². The van der Waals surface area contributed by atoms with Gasteiger partial charge in [0.1, 0.15) is 30.1 Å². The van der Waals surface area contributed by atoms with Gasteiger partial charge in [0.05, 0.1) is 28.8 Å². The number of nitrogens with zero attached hydrogens (tertiary/aromatic N) is 1. The van der Waals surface area contributed by atoms with E-state index in [4.69, 9.17) is 21.1 Å². The van der Waals surface area contributed by atoms with Gasteiger partial charge in [0, 0.05) is 11.4 Å². The lowest BCUT2D eigenvalue weighted by molar-refractivity contribution is -0.252. The van der Waals surface area contributed by atoms with E-state index in [-0.39, 0.29) is 6.54 Å². The van der Waals surface area contributed by atoms with Gasteiger partial charge < -0.3 is 30.1 Å². The van der Waals surface area contributed by atoms with Crippen molar-refractivity contribution in [3.05, 3.63) is 32.2 Å². The molecule has 0 saturated carbocycles. The van der Waals surface area contributed by atoms with Crippen LogP contribution in [0.3, 0.4) is 0 Å². The summed E-state index contributed by atoms with van der Waals surface area (Å²) in [6, 6.07) is 2.52. The number of aliphatic hydroxyl groups excluding tert-OH is 3. The third-order valence-corrected chi connectivity index (χ3v) is 5.54. The predicted molar refractivity (Wildman–Crippen MR) is 94.7 cm³/mol. The molecule has 0 spiro atoms. The largest absolute Gasteiger partial charge is 0.464 e. The van der Waals surface area contributed by atoms with Crippen molar-refractivity contribution in [3.63, 3.8) is 0 Å². The van der Waals surface area contributed by atoms with E-state index in [1.165, 1.54) is 6.92 Å². The number of halogens is 2. The number of nitrogens with one attached hydrogen (secondary N) is 1. The second-order valence-electron chi connectivity index (χ2n) is 6.05. The maximum atomic E-state index is 11.5. The Kier molecular flexibility index (Phi) is 5.85. The van der Waals surface area contributed by atoms with E-state index >= 15 is 0 Å². The Morgan fingerprint density at radius 1 is 1.46 bits per heavy atom. The van der Waals surface area contributed by atoms with E-state index in [1.54, 1.807) is 12.1 Å². The fraction of sp³-hybridized carbons (Fsp3) is 0.500. The van der Waals surface area contributed by atoms with Gasteiger partial charge in [-0.15, -0.1) is 0 Å². The van der Waals surface area contributed by atoms with Crippen molar-refractivity contribution in [2.75, 3.05) is 13.2 Å². The number of carbonyl (C=O) groups is 1. The van der Waals surface area contributed by atoms with Gasteiger partial charge in [-0.25, -0.2) is 0 Å². The third-order valence-electron chi connectivity index (χ3n) is 4.25. The second-order valence-corrected chi connectivity index (χ2v) is 7.28. The van der Waals surface area contributed by atoms with E-state index < -0.39 is 43.2 Å². The fourth-order valence-electron chi connectivity index (χ4n) is 2.98. The molecular formula is C16H18BrClN2O6. The zero-order valence-electron chi connectivity index (χ0n) is 13.7. The Hall–Kier alpha value is -1.23. The summed E-state index contributed by atoms with van der Waals surface area (Å²) >= 11 is 9.68. The quantitative estimate of drug-likeness (QED) is 0.458. The molecule has 1 aromatic carbocycles. The van der Waals surface area contributed by atoms with Crippen LogP contribution < -0.4 is 15.9 Å². The molecule has 0 unspecified atom stereocenters. The molecule has 142 valence electrons. The van der Waals surface area contributed by atoms with E-state index in [2.05, 4.69) is 26.2 Å². The number of aliphatic hydroxyl groups is 3. The van der Waals surface area contributed by atoms with Crippen LogP contribution in [0.25, 0.3) is 5.76 Å². The number of ether oxygens (including phenoxy) is 2. The van der Waals surface area contributed by atoms with Gasteiger partial charge in [-0.1, -0.05) is 11.6 Å². The minimum atomic E-state index is -1.38. The van der Waals surface area contributed by atoms with Crippen LogP contribution in [0.1, 0.15) is 6.92 Å². The third kappa shape index (κ3) is 3.60. The number of benzene rings is 1. The highest BCUT2D eigenvalue weighted by molar-refractivity contribution is 9.10.